The van der Waals surface area contributed by atoms with Gasteiger partial charge in [0.2, 0.25) is 5.91 Å². The van der Waals surface area contributed by atoms with Crippen molar-refractivity contribution < 1.29 is 4.79 Å². The maximum absolute atomic E-state index is 12.2. The summed E-state index contributed by atoms with van der Waals surface area (Å²) in [6.45, 7) is 1.97. The Hall–Kier alpha value is -1.06. The van der Waals surface area contributed by atoms with E-state index in [-0.39, 0.29) is 11.8 Å². The molecule has 0 saturated heterocycles. The minimum absolute atomic E-state index is 0.0158. The molecule has 3 nitrogen and oxygen atoms in total. The highest BCUT2D eigenvalue weighted by atomic mass is 35.5. The van der Waals surface area contributed by atoms with Gasteiger partial charge in [-0.25, -0.2) is 0 Å². The zero-order chi connectivity index (χ0) is 13.2. The van der Waals surface area contributed by atoms with E-state index in [1.165, 1.54) is 0 Å². The summed E-state index contributed by atoms with van der Waals surface area (Å²) in [5.41, 5.74) is 6.59. The maximum Gasteiger partial charge on any atom is 0.229 e. The number of hydrogen-bond donors (Lipinski definition) is 2. The van der Waals surface area contributed by atoms with Crippen molar-refractivity contribution in [3.8, 4) is 0 Å². The van der Waals surface area contributed by atoms with Gasteiger partial charge in [0.05, 0.1) is 5.92 Å². The fourth-order valence-corrected chi connectivity index (χ4v) is 2.68. The third-order valence-corrected chi connectivity index (χ3v) is 3.93. The van der Waals surface area contributed by atoms with Crippen molar-refractivity contribution in [3.05, 3.63) is 29.3 Å². The Morgan fingerprint density at radius 1 is 1.39 bits per heavy atom. The van der Waals surface area contributed by atoms with Gasteiger partial charge in [0.25, 0.3) is 0 Å². The summed E-state index contributed by atoms with van der Waals surface area (Å²) in [6.07, 6.45) is 3.96. The number of amides is 1. The van der Waals surface area contributed by atoms with Crippen molar-refractivity contribution in [2.75, 3.05) is 5.32 Å². The van der Waals surface area contributed by atoms with Gasteiger partial charge >= 0.3 is 0 Å². The van der Waals surface area contributed by atoms with E-state index in [2.05, 4.69) is 5.32 Å². The fourth-order valence-electron chi connectivity index (χ4n) is 2.55. The average Bonchev–Trinajstić information content (AvgIpc) is 2.31. The summed E-state index contributed by atoms with van der Waals surface area (Å²) >= 11 is 5.81. The monoisotopic (exact) mass is 266 g/mol. The lowest BCUT2D eigenvalue weighted by atomic mass is 9.74. The Kier molecular flexibility index (Phi) is 3.93. The Morgan fingerprint density at radius 2 is 2.06 bits per heavy atom. The van der Waals surface area contributed by atoms with Gasteiger partial charge in [0, 0.05) is 16.2 Å². The molecule has 0 aliphatic heterocycles. The van der Waals surface area contributed by atoms with Gasteiger partial charge in [0.1, 0.15) is 0 Å². The van der Waals surface area contributed by atoms with Gasteiger partial charge in [-0.05, 0) is 44.0 Å². The Bertz CT molecular complexity index is 428. The number of nitrogens with two attached hydrogens (primary N) is 1. The zero-order valence-corrected chi connectivity index (χ0v) is 11.3. The molecule has 0 radical (unpaired) electrons. The SMILES string of the molecule is CC1(N)CCCCC1C(=O)Nc1ccc(Cl)cc1. The smallest absolute Gasteiger partial charge is 0.229 e. The molecule has 1 aromatic rings. The van der Waals surface area contributed by atoms with Crippen LogP contribution in [0.2, 0.25) is 5.02 Å². The quantitative estimate of drug-likeness (QED) is 0.864. The van der Waals surface area contributed by atoms with Crippen molar-refractivity contribution in [1.29, 1.82) is 0 Å². The third-order valence-electron chi connectivity index (χ3n) is 3.68. The van der Waals surface area contributed by atoms with E-state index in [1.54, 1.807) is 24.3 Å². The molecular formula is C14H19ClN2O. The summed E-state index contributed by atoms with van der Waals surface area (Å²) < 4.78 is 0. The molecule has 2 unspecified atom stereocenters. The number of hydrogen-bond acceptors (Lipinski definition) is 2. The number of nitrogens with one attached hydrogen (secondary N) is 1. The van der Waals surface area contributed by atoms with Gasteiger partial charge in [-0.15, -0.1) is 0 Å². The van der Waals surface area contributed by atoms with E-state index in [4.69, 9.17) is 17.3 Å². The van der Waals surface area contributed by atoms with E-state index in [0.717, 1.165) is 31.4 Å². The fraction of sp³-hybridized carbons (Fsp3) is 0.500. The molecule has 0 spiro atoms. The highest BCUT2D eigenvalue weighted by Gasteiger charge is 2.37. The molecule has 1 amide bonds. The van der Waals surface area contributed by atoms with Crippen LogP contribution in [0.1, 0.15) is 32.6 Å². The van der Waals surface area contributed by atoms with Gasteiger partial charge in [-0.1, -0.05) is 24.4 Å². The Morgan fingerprint density at radius 3 is 2.67 bits per heavy atom. The zero-order valence-electron chi connectivity index (χ0n) is 10.6. The van der Waals surface area contributed by atoms with Crippen LogP contribution in [0.5, 0.6) is 0 Å². The van der Waals surface area contributed by atoms with Crippen LogP contribution in [0, 0.1) is 5.92 Å². The topological polar surface area (TPSA) is 55.1 Å². The predicted molar refractivity (Wildman–Crippen MR) is 74.6 cm³/mol. The number of anilines is 1. The van der Waals surface area contributed by atoms with Crippen LogP contribution in [-0.2, 0) is 4.79 Å². The summed E-state index contributed by atoms with van der Waals surface area (Å²) in [6, 6.07) is 7.13. The van der Waals surface area contributed by atoms with Crippen molar-refractivity contribution in [3.63, 3.8) is 0 Å². The molecule has 3 N–H and O–H groups in total. The molecule has 18 heavy (non-hydrogen) atoms. The highest BCUT2D eigenvalue weighted by Crippen LogP contribution is 2.32. The van der Waals surface area contributed by atoms with Crippen LogP contribution in [0.4, 0.5) is 5.69 Å². The molecule has 0 heterocycles. The first kappa shape index (κ1) is 13.4. The largest absolute Gasteiger partial charge is 0.326 e. The average molecular weight is 267 g/mol. The number of carbonyl (C=O) groups is 1. The number of carbonyl (C=O) groups excluding carboxylic acids is 1. The molecule has 1 fully saturated rings. The van der Waals surface area contributed by atoms with Crippen LogP contribution in [0.3, 0.4) is 0 Å². The molecule has 2 rings (SSSR count). The summed E-state index contributed by atoms with van der Waals surface area (Å²) in [7, 11) is 0. The number of halogens is 1. The summed E-state index contributed by atoms with van der Waals surface area (Å²) in [5.74, 6) is -0.0936. The maximum atomic E-state index is 12.2. The summed E-state index contributed by atoms with van der Waals surface area (Å²) in [4.78, 5) is 12.2. The van der Waals surface area contributed by atoms with E-state index in [9.17, 15) is 4.79 Å². The normalized spacial score (nSPS) is 27.8. The molecule has 1 aliphatic carbocycles. The van der Waals surface area contributed by atoms with Crippen molar-refractivity contribution >= 4 is 23.2 Å². The highest BCUT2D eigenvalue weighted by molar-refractivity contribution is 6.30. The molecule has 1 saturated carbocycles. The molecule has 0 aromatic heterocycles. The molecule has 98 valence electrons. The first-order valence-electron chi connectivity index (χ1n) is 6.34. The Labute approximate surface area is 113 Å². The van der Waals surface area contributed by atoms with Crippen molar-refractivity contribution in [2.45, 2.75) is 38.1 Å². The van der Waals surface area contributed by atoms with Gasteiger partial charge in [0.15, 0.2) is 0 Å². The number of rotatable bonds is 2. The standard InChI is InChI=1S/C14H19ClN2O/c1-14(16)9-3-2-4-12(14)13(18)17-11-7-5-10(15)6-8-11/h5-8,12H,2-4,9,16H2,1H3,(H,17,18). The Balaban J connectivity index is 2.05. The van der Waals surface area contributed by atoms with Crippen molar-refractivity contribution in [2.24, 2.45) is 11.7 Å². The van der Waals surface area contributed by atoms with Gasteiger partial charge < -0.3 is 11.1 Å². The first-order chi connectivity index (χ1) is 8.49. The second kappa shape index (κ2) is 5.29. The van der Waals surface area contributed by atoms with Gasteiger partial charge in [-0.2, -0.15) is 0 Å². The predicted octanol–water partition coefficient (Wildman–Crippen LogP) is 3.19. The van der Waals surface area contributed by atoms with Crippen LogP contribution in [0.25, 0.3) is 0 Å². The second-order valence-electron chi connectivity index (χ2n) is 5.30. The van der Waals surface area contributed by atoms with E-state index in [1.807, 2.05) is 6.92 Å². The molecule has 1 aliphatic rings. The van der Waals surface area contributed by atoms with E-state index in [0.29, 0.717) is 5.02 Å². The molecule has 0 bridgehead atoms. The van der Waals surface area contributed by atoms with Crippen LogP contribution < -0.4 is 11.1 Å². The number of benzene rings is 1. The molecular weight excluding hydrogens is 248 g/mol. The lowest BCUT2D eigenvalue weighted by Crippen LogP contribution is -2.51. The third kappa shape index (κ3) is 3.03. The van der Waals surface area contributed by atoms with E-state index < -0.39 is 5.54 Å². The van der Waals surface area contributed by atoms with Gasteiger partial charge in [-0.3, -0.25) is 4.79 Å². The second-order valence-corrected chi connectivity index (χ2v) is 5.74. The van der Waals surface area contributed by atoms with Crippen LogP contribution in [0.15, 0.2) is 24.3 Å². The molecule has 1 aromatic carbocycles. The lowest BCUT2D eigenvalue weighted by Gasteiger charge is -2.37. The van der Waals surface area contributed by atoms with Crippen molar-refractivity contribution in [1.82, 2.24) is 0 Å². The minimum atomic E-state index is -0.394. The lowest BCUT2D eigenvalue weighted by molar-refractivity contribution is -0.122. The minimum Gasteiger partial charge on any atom is -0.326 e. The van der Waals surface area contributed by atoms with Crippen LogP contribution >= 0.6 is 11.6 Å². The van der Waals surface area contributed by atoms with Crippen LogP contribution in [-0.4, -0.2) is 11.4 Å². The molecule has 2 atom stereocenters. The first-order valence-corrected chi connectivity index (χ1v) is 6.72. The molecule has 4 heteroatoms. The van der Waals surface area contributed by atoms with E-state index >= 15 is 0 Å². The summed E-state index contributed by atoms with van der Waals surface area (Å²) in [5, 5.41) is 3.58.